The van der Waals surface area contributed by atoms with Gasteiger partial charge >= 0.3 is 5.97 Å². The van der Waals surface area contributed by atoms with Gasteiger partial charge in [-0.15, -0.1) is 0 Å². The first-order valence-electron chi connectivity index (χ1n) is 6.73. The third kappa shape index (κ3) is 3.77. The molecule has 1 aromatic rings. The highest BCUT2D eigenvalue weighted by Crippen LogP contribution is 2.20. The molecule has 0 amide bonds. The minimum absolute atomic E-state index is 0.176. The zero-order valence-corrected chi connectivity index (χ0v) is 11.8. The molecule has 6 nitrogen and oxygen atoms in total. The van der Waals surface area contributed by atoms with Crippen molar-refractivity contribution in [3.05, 3.63) is 30.1 Å². The molecule has 1 aliphatic heterocycles. The Kier molecular flexibility index (Phi) is 4.68. The lowest BCUT2D eigenvalue weighted by Crippen LogP contribution is -2.33. The second kappa shape index (κ2) is 6.47. The number of rotatable bonds is 6. The molecule has 1 aliphatic rings. The average Bonchev–Trinajstić information content (AvgIpc) is 2.86. The molecule has 20 heavy (non-hydrogen) atoms. The molecule has 1 atom stereocenters. The number of nitrogens with one attached hydrogen (secondary N) is 1. The van der Waals surface area contributed by atoms with Gasteiger partial charge in [-0.1, -0.05) is 26.0 Å². The van der Waals surface area contributed by atoms with Gasteiger partial charge in [0.05, 0.1) is 0 Å². The number of aromatic nitrogens is 2. The van der Waals surface area contributed by atoms with Gasteiger partial charge in [0.2, 0.25) is 5.95 Å². The summed E-state index contributed by atoms with van der Waals surface area (Å²) in [5, 5.41) is 11.2. The molecule has 0 saturated carbocycles. The van der Waals surface area contributed by atoms with Crippen LogP contribution < -0.4 is 5.32 Å². The first kappa shape index (κ1) is 14.5. The lowest BCUT2D eigenvalue weighted by molar-refractivity contribution is -0.134. The summed E-state index contributed by atoms with van der Waals surface area (Å²) in [4.78, 5) is 21.1. The van der Waals surface area contributed by atoms with E-state index in [1.165, 1.54) is 0 Å². The van der Waals surface area contributed by atoms with Crippen molar-refractivity contribution in [2.45, 2.75) is 26.4 Å². The van der Waals surface area contributed by atoms with Crippen LogP contribution in [-0.2, 0) is 11.3 Å². The van der Waals surface area contributed by atoms with Gasteiger partial charge in [-0.05, 0) is 5.92 Å². The summed E-state index contributed by atoms with van der Waals surface area (Å²) in [6, 6.07) is 0.458. The van der Waals surface area contributed by atoms with Crippen molar-refractivity contribution in [3.63, 3.8) is 0 Å². The lowest BCUT2D eigenvalue weighted by Gasteiger charge is -2.27. The van der Waals surface area contributed by atoms with Gasteiger partial charge in [-0.3, -0.25) is 9.69 Å². The predicted octanol–water partition coefficient (Wildman–Crippen LogP) is 1.37. The van der Waals surface area contributed by atoms with Crippen LogP contribution in [0.3, 0.4) is 0 Å². The van der Waals surface area contributed by atoms with Crippen molar-refractivity contribution in [1.82, 2.24) is 14.9 Å². The number of aliphatic carboxylic acids is 1. The Morgan fingerprint density at radius 2 is 2.20 bits per heavy atom. The highest BCUT2D eigenvalue weighted by molar-refractivity contribution is 5.71. The Morgan fingerprint density at radius 3 is 2.80 bits per heavy atom. The fourth-order valence-electron chi connectivity index (χ4n) is 2.31. The van der Waals surface area contributed by atoms with E-state index in [2.05, 4.69) is 46.2 Å². The molecule has 0 radical (unpaired) electrons. The Labute approximate surface area is 118 Å². The Morgan fingerprint density at radius 1 is 1.50 bits per heavy atom. The minimum atomic E-state index is -0.930. The molecule has 2 rings (SSSR count). The van der Waals surface area contributed by atoms with Gasteiger partial charge < -0.3 is 10.4 Å². The van der Waals surface area contributed by atoms with Crippen molar-refractivity contribution >= 4 is 11.9 Å². The van der Waals surface area contributed by atoms with Crippen LogP contribution in [0.5, 0.6) is 0 Å². The molecule has 0 unspecified atom stereocenters. The monoisotopic (exact) mass is 276 g/mol. The second-order valence-electron chi connectivity index (χ2n) is 5.25. The first-order chi connectivity index (χ1) is 9.56. The van der Waals surface area contributed by atoms with E-state index in [4.69, 9.17) is 5.11 Å². The van der Waals surface area contributed by atoms with Gasteiger partial charge in [0, 0.05) is 37.1 Å². The topological polar surface area (TPSA) is 78.4 Å². The summed E-state index contributed by atoms with van der Waals surface area (Å²) < 4.78 is 0. The quantitative estimate of drug-likeness (QED) is 0.764. The van der Waals surface area contributed by atoms with Crippen LogP contribution >= 0.6 is 0 Å². The largest absolute Gasteiger partial charge is 0.480 e. The average molecular weight is 276 g/mol. The van der Waals surface area contributed by atoms with Gasteiger partial charge in [-0.2, -0.15) is 0 Å². The third-order valence-corrected chi connectivity index (χ3v) is 3.27. The van der Waals surface area contributed by atoms with E-state index in [0.717, 1.165) is 18.7 Å². The zero-order chi connectivity index (χ0) is 14.5. The Hall–Kier alpha value is -1.95. The maximum atomic E-state index is 10.4. The van der Waals surface area contributed by atoms with Crippen LogP contribution in [0.1, 0.15) is 19.4 Å². The van der Waals surface area contributed by atoms with E-state index in [0.29, 0.717) is 17.9 Å². The molecule has 1 aromatic heterocycles. The summed E-state index contributed by atoms with van der Waals surface area (Å²) in [5.41, 5.74) is 1.03. The summed E-state index contributed by atoms with van der Waals surface area (Å²) in [7, 11) is 0. The van der Waals surface area contributed by atoms with Gasteiger partial charge in [0.25, 0.3) is 0 Å². The van der Waals surface area contributed by atoms with E-state index in [9.17, 15) is 4.79 Å². The van der Waals surface area contributed by atoms with E-state index in [-0.39, 0.29) is 6.54 Å². The summed E-state index contributed by atoms with van der Waals surface area (Å²) in [6.45, 7) is 5.99. The van der Waals surface area contributed by atoms with Gasteiger partial charge in [0.15, 0.2) is 0 Å². The number of anilines is 1. The molecule has 2 N–H and O–H groups in total. The van der Waals surface area contributed by atoms with Crippen LogP contribution in [0.4, 0.5) is 5.95 Å². The maximum Gasteiger partial charge on any atom is 0.322 e. The van der Waals surface area contributed by atoms with Crippen LogP contribution in [0.15, 0.2) is 24.5 Å². The summed E-state index contributed by atoms with van der Waals surface area (Å²) in [6.07, 6.45) is 7.92. The molecule has 0 fully saturated rings. The standard InChI is InChI=1S/C14H20N4O2/c1-10(2)12-4-3-5-18(12)9-11-6-15-14(16-7-11)17-8-13(19)20/h3-4,6-7,10,12H,5,8-9H2,1-2H3,(H,19,20)(H,15,16,17)/t12-/m0/s1. The number of nitrogens with zero attached hydrogens (tertiary/aromatic N) is 3. The highest BCUT2D eigenvalue weighted by Gasteiger charge is 2.22. The normalized spacial score (nSPS) is 18.6. The van der Waals surface area contributed by atoms with Crippen molar-refractivity contribution in [2.24, 2.45) is 5.92 Å². The second-order valence-corrected chi connectivity index (χ2v) is 5.25. The molecule has 0 saturated heterocycles. The van der Waals surface area contributed by atoms with Crippen LogP contribution in [0, 0.1) is 5.92 Å². The van der Waals surface area contributed by atoms with E-state index < -0.39 is 5.97 Å². The van der Waals surface area contributed by atoms with Crippen molar-refractivity contribution in [1.29, 1.82) is 0 Å². The van der Waals surface area contributed by atoms with Crippen molar-refractivity contribution < 1.29 is 9.90 Å². The minimum Gasteiger partial charge on any atom is -0.480 e. The van der Waals surface area contributed by atoms with Crippen LogP contribution in [0.25, 0.3) is 0 Å². The number of carbonyl (C=O) groups is 1. The Balaban J connectivity index is 1.92. The van der Waals surface area contributed by atoms with Gasteiger partial charge in [-0.25, -0.2) is 9.97 Å². The van der Waals surface area contributed by atoms with E-state index in [1.54, 1.807) is 12.4 Å². The van der Waals surface area contributed by atoms with Crippen molar-refractivity contribution in [3.8, 4) is 0 Å². The van der Waals surface area contributed by atoms with Crippen LogP contribution in [-0.4, -0.2) is 45.1 Å². The molecular weight excluding hydrogens is 256 g/mol. The molecule has 2 heterocycles. The first-order valence-corrected chi connectivity index (χ1v) is 6.73. The predicted molar refractivity (Wildman–Crippen MR) is 76.3 cm³/mol. The summed E-state index contributed by atoms with van der Waals surface area (Å²) >= 11 is 0. The number of carboxylic acids is 1. The fraction of sp³-hybridized carbons (Fsp3) is 0.500. The van der Waals surface area contributed by atoms with Crippen LogP contribution in [0.2, 0.25) is 0 Å². The molecular formula is C14H20N4O2. The van der Waals surface area contributed by atoms with Crippen molar-refractivity contribution in [2.75, 3.05) is 18.4 Å². The molecule has 108 valence electrons. The van der Waals surface area contributed by atoms with E-state index >= 15 is 0 Å². The molecule has 6 heteroatoms. The number of hydrogen-bond donors (Lipinski definition) is 2. The number of carboxylic acid groups (broad SMARTS) is 1. The molecule has 0 aromatic carbocycles. The third-order valence-electron chi connectivity index (χ3n) is 3.27. The van der Waals surface area contributed by atoms with Gasteiger partial charge in [0.1, 0.15) is 6.54 Å². The highest BCUT2D eigenvalue weighted by atomic mass is 16.4. The molecule has 0 aliphatic carbocycles. The molecule has 0 spiro atoms. The smallest absolute Gasteiger partial charge is 0.322 e. The fourth-order valence-corrected chi connectivity index (χ4v) is 2.31. The van der Waals surface area contributed by atoms with E-state index in [1.807, 2.05) is 0 Å². The zero-order valence-electron chi connectivity index (χ0n) is 11.8. The number of hydrogen-bond acceptors (Lipinski definition) is 5. The lowest BCUT2D eigenvalue weighted by atomic mass is 10.0. The maximum absolute atomic E-state index is 10.4. The Bertz CT molecular complexity index is 484. The summed E-state index contributed by atoms with van der Waals surface area (Å²) in [5.74, 6) is -0.0112. The SMILES string of the molecule is CC(C)[C@@H]1C=CCN1Cc1cnc(NCC(=O)O)nc1. The molecule has 0 bridgehead atoms.